The molecule has 1 saturated carbocycles. The zero-order valence-electron chi connectivity index (χ0n) is 8.39. The summed E-state index contributed by atoms with van der Waals surface area (Å²) in [6.07, 6.45) is 4.80. The van der Waals surface area contributed by atoms with Crippen molar-refractivity contribution in [2.75, 3.05) is 0 Å². The average molecular weight is 226 g/mol. The Hall–Kier alpha value is -0.940. The van der Waals surface area contributed by atoms with Crippen LogP contribution in [-0.4, -0.2) is 4.92 Å². The smallest absolute Gasteiger partial charge is 0.324 e. The van der Waals surface area contributed by atoms with Gasteiger partial charge in [0, 0.05) is 17.5 Å². The molecule has 0 aromatic carbocycles. The van der Waals surface area contributed by atoms with E-state index in [2.05, 4.69) is 0 Å². The monoisotopic (exact) mass is 226 g/mol. The first-order valence-corrected chi connectivity index (χ1v) is 6.05. The highest BCUT2D eigenvalue weighted by Gasteiger charge is 2.25. The van der Waals surface area contributed by atoms with Crippen LogP contribution in [0, 0.1) is 16.0 Å². The van der Waals surface area contributed by atoms with E-state index in [4.69, 9.17) is 5.73 Å². The summed E-state index contributed by atoms with van der Waals surface area (Å²) in [5.74, 6) is 0.513. The van der Waals surface area contributed by atoms with Gasteiger partial charge in [-0.3, -0.25) is 10.1 Å². The second-order valence-electron chi connectivity index (χ2n) is 4.05. The zero-order chi connectivity index (χ0) is 10.8. The first kappa shape index (κ1) is 10.6. The molecule has 1 aliphatic rings. The number of thiophene rings is 1. The Labute approximate surface area is 92.2 Å². The van der Waals surface area contributed by atoms with Crippen LogP contribution in [0.4, 0.5) is 5.00 Å². The van der Waals surface area contributed by atoms with Crippen molar-refractivity contribution in [1.29, 1.82) is 0 Å². The van der Waals surface area contributed by atoms with E-state index in [1.165, 1.54) is 24.2 Å². The van der Waals surface area contributed by atoms with Crippen LogP contribution in [0.2, 0.25) is 0 Å². The van der Waals surface area contributed by atoms with E-state index in [0.29, 0.717) is 5.92 Å². The van der Waals surface area contributed by atoms with Gasteiger partial charge >= 0.3 is 5.00 Å². The number of hydrogen-bond acceptors (Lipinski definition) is 4. The van der Waals surface area contributed by atoms with Gasteiger partial charge in [0.2, 0.25) is 0 Å². The lowest BCUT2D eigenvalue weighted by Gasteiger charge is -2.16. The Kier molecular flexibility index (Phi) is 3.02. The largest absolute Gasteiger partial charge is 0.324 e. The highest BCUT2D eigenvalue weighted by atomic mass is 32.1. The third-order valence-electron chi connectivity index (χ3n) is 3.08. The van der Waals surface area contributed by atoms with Gasteiger partial charge in [-0.2, -0.15) is 0 Å². The molecular weight excluding hydrogens is 212 g/mol. The zero-order valence-corrected chi connectivity index (χ0v) is 9.20. The Morgan fingerprint density at radius 3 is 2.73 bits per heavy atom. The van der Waals surface area contributed by atoms with Gasteiger partial charge in [0.15, 0.2) is 0 Å². The second-order valence-corrected chi connectivity index (χ2v) is 4.94. The maximum absolute atomic E-state index is 10.5. The molecule has 2 N–H and O–H groups in total. The van der Waals surface area contributed by atoms with Gasteiger partial charge in [-0.05, 0) is 24.3 Å². The first-order chi connectivity index (χ1) is 7.18. The first-order valence-electron chi connectivity index (χ1n) is 5.17. The molecule has 1 atom stereocenters. The maximum Gasteiger partial charge on any atom is 0.324 e. The predicted molar refractivity (Wildman–Crippen MR) is 59.9 cm³/mol. The van der Waals surface area contributed by atoms with Crippen molar-refractivity contribution in [3.05, 3.63) is 27.1 Å². The fraction of sp³-hybridized carbons (Fsp3) is 0.600. The minimum Gasteiger partial charge on any atom is -0.324 e. The molecule has 0 radical (unpaired) electrons. The van der Waals surface area contributed by atoms with Gasteiger partial charge in [-0.25, -0.2) is 0 Å². The number of nitrogens with zero attached hydrogens (tertiary/aromatic N) is 1. The van der Waals surface area contributed by atoms with Gasteiger partial charge in [0.1, 0.15) is 0 Å². The number of rotatable bonds is 3. The standard InChI is InChI=1S/C10H14N2O2S/c11-10(7-3-1-2-4-7)8-5-9(12(13)14)15-6-8/h5-7,10H,1-4,11H2/t10-/m0/s1. The van der Waals surface area contributed by atoms with Crippen molar-refractivity contribution >= 4 is 16.3 Å². The molecule has 1 fully saturated rings. The van der Waals surface area contributed by atoms with E-state index in [9.17, 15) is 10.1 Å². The quantitative estimate of drug-likeness (QED) is 0.636. The highest BCUT2D eigenvalue weighted by molar-refractivity contribution is 7.13. The van der Waals surface area contributed by atoms with Crippen LogP contribution in [0.25, 0.3) is 0 Å². The summed E-state index contributed by atoms with van der Waals surface area (Å²) in [6.45, 7) is 0. The molecule has 0 unspecified atom stereocenters. The summed E-state index contributed by atoms with van der Waals surface area (Å²) in [5, 5.41) is 12.5. The summed E-state index contributed by atoms with van der Waals surface area (Å²) in [4.78, 5) is 10.2. The van der Waals surface area contributed by atoms with E-state index < -0.39 is 0 Å². The van der Waals surface area contributed by atoms with Crippen molar-refractivity contribution in [3.8, 4) is 0 Å². The lowest BCUT2D eigenvalue weighted by Crippen LogP contribution is -2.18. The Morgan fingerprint density at radius 1 is 1.53 bits per heavy atom. The molecule has 0 spiro atoms. The normalized spacial score (nSPS) is 19.3. The van der Waals surface area contributed by atoms with E-state index in [1.54, 1.807) is 6.07 Å². The fourth-order valence-electron chi connectivity index (χ4n) is 2.20. The Balaban J connectivity index is 2.10. The molecule has 5 heteroatoms. The molecule has 0 amide bonds. The van der Waals surface area contributed by atoms with Gasteiger partial charge in [0.05, 0.1) is 4.92 Å². The lowest BCUT2D eigenvalue weighted by atomic mass is 9.94. The Morgan fingerprint density at radius 2 is 2.20 bits per heavy atom. The van der Waals surface area contributed by atoms with Crippen LogP contribution in [0.1, 0.15) is 37.3 Å². The Bertz CT molecular complexity index is 358. The van der Waals surface area contributed by atoms with Crippen molar-refractivity contribution in [1.82, 2.24) is 0 Å². The molecule has 4 nitrogen and oxygen atoms in total. The predicted octanol–water partition coefficient (Wildman–Crippen LogP) is 2.85. The van der Waals surface area contributed by atoms with Gasteiger partial charge < -0.3 is 5.73 Å². The van der Waals surface area contributed by atoms with Crippen molar-refractivity contribution < 1.29 is 4.92 Å². The molecule has 15 heavy (non-hydrogen) atoms. The van der Waals surface area contributed by atoms with Crippen molar-refractivity contribution in [2.24, 2.45) is 11.7 Å². The molecule has 2 rings (SSSR count). The van der Waals surface area contributed by atoms with Crippen LogP contribution in [0.5, 0.6) is 0 Å². The number of nitro groups is 1. The highest BCUT2D eigenvalue weighted by Crippen LogP contribution is 2.36. The molecule has 1 heterocycles. The van der Waals surface area contributed by atoms with E-state index in [1.807, 2.05) is 5.38 Å². The van der Waals surface area contributed by atoms with Crippen LogP contribution in [-0.2, 0) is 0 Å². The minimum atomic E-state index is -0.352. The van der Waals surface area contributed by atoms with Gasteiger partial charge in [0.25, 0.3) is 0 Å². The summed E-state index contributed by atoms with van der Waals surface area (Å²) >= 11 is 1.17. The molecule has 1 aromatic heterocycles. The molecule has 0 bridgehead atoms. The molecule has 82 valence electrons. The summed E-state index contributed by atoms with van der Waals surface area (Å²) in [5.41, 5.74) is 7.03. The van der Waals surface area contributed by atoms with E-state index in [-0.39, 0.29) is 16.0 Å². The van der Waals surface area contributed by atoms with E-state index >= 15 is 0 Å². The van der Waals surface area contributed by atoms with Gasteiger partial charge in [-0.15, -0.1) is 0 Å². The molecule has 0 saturated heterocycles. The average Bonchev–Trinajstić information content (AvgIpc) is 2.88. The second kappa shape index (κ2) is 4.28. The minimum absolute atomic E-state index is 0.0163. The van der Waals surface area contributed by atoms with Crippen LogP contribution in [0.3, 0.4) is 0 Å². The summed E-state index contributed by atoms with van der Waals surface area (Å²) in [7, 11) is 0. The third kappa shape index (κ3) is 2.18. The summed E-state index contributed by atoms with van der Waals surface area (Å²) < 4.78 is 0. The van der Waals surface area contributed by atoms with Crippen LogP contribution < -0.4 is 5.73 Å². The van der Waals surface area contributed by atoms with E-state index in [0.717, 1.165) is 18.4 Å². The van der Waals surface area contributed by atoms with Gasteiger partial charge in [-0.1, -0.05) is 24.2 Å². The van der Waals surface area contributed by atoms with Crippen LogP contribution >= 0.6 is 11.3 Å². The van der Waals surface area contributed by atoms with Crippen LogP contribution in [0.15, 0.2) is 11.4 Å². The molecular formula is C10H14N2O2S. The number of nitrogens with two attached hydrogens (primary N) is 1. The molecule has 1 aromatic rings. The van der Waals surface area contributed by atoms with Crippen molar-refractivity contribution in [2.45, 2.75) is 31.7 Å². The topological polar surface area (TPSA) is 69.2 Å². The SMILES string of the molecule is N[C@H](c1csc([N+](=O)[O-])c1)C1CCCC1. The molecule has 1 aliphatic carbocycles. The summed E-state index contributed by atoms with van der Waals surface area (Å²) in [6, 6.07) is 1.60. The number of hydrogen-bond donors (Lipinski definition) is 1. The molecule has 0 aliphatic heterocycles. The lowest BCUT2D eigenvalue weighted by molar-refractivity contribution is -0.380. The maximum atomic E-state index is 10.5. The fourth-order valence-corrected chi connectivity index (χ4v) is 2.97. The van der Waals surface area contributed by atoms with Crippen molar-refractivity contribution in [3.63, 3.8) is 0 Å². The third-order valence-corrected chi connectivity index (χ3v) is 3.98.